The number of halogens is 2. The molecule has 7 nitrogen and oxygen atoms in total. The predicted molar refractivity (Wildman–Crippen MR) is 156 cm³/mol. The fraction of sp³-hybridized carbons (Fsp3) is 0.182. The van der Waals surface area contributed by atoms with Gasteiger partial charge in [-0.3, -0.25) is 33.1 Å². The molecule has 0 saturated heterocycles. The van der Waals surface area contributed by atoms with Gasteiger partial charge in [0.05, 0.1) is 22.8 Å². The molecule has 5 heterocycles. The van der Waals surface area contributed by atoms with E-state index in [2.05, 4.69) is 84.3 Å². The van der Waals surface area contributed by atoms with E-state index in [1.54, 1.807) is 24.5 Å². The molecule has 0 atom stereocenters. The second kappa shape index (κ2) is 13.3. The minimum Gasteiger partial charge on any atom is -0.282 e. The number of nitrogens with zero attached hydrogens (tertiary/aromatic N) is 7. The maximum atomic E-state index is 13.7. The molecule has 0 aliphatic rings. The first-order valence-electron chi connectivity index (χ1n) is 13.4. The van der Waals surface area contributed by atoms with Crippen molar-refractivity contribution in [1.29, 1.82) is 0 Å². The summed E-state index contributed by atoms with van der Waals surface area (Å²) in [5, 5.41) is 7.79. The largest absolute Gasteiger partial charge is 0.282 e. The van der Waals surface area contributed by atoms with Crippen LogP contribution in [0.2, 0.25) is 0 Å². The molecule has 0 N–H and O–H groups in total. The van der Waals surface area contributed by atoms with E-state index in [0.717, 1.165) is 28.8 Å². The summed E-state index contributed by atoms with van der Waals surface area (Å²) < 4.78 is 29.9. The molecule has 0 amide bonds. The van der Waals surface area contributed by atoms with E-state index in [0.29, 0.717) is 0 Å². The molecule has 0 spiro atoms. The predicted octanol–water partition coefficient (Wildman–Crippen LogP) is 6.66. The van der Waals surface area contributed by atoms with E-state index in [4.69, 9.17) is 4.98 Å². The van der Waals surface area contributed by atoms with Crippen molar-refractivity contribution in [2.24, 2.45) is 0 Å². The van der Waals surface area contributed by atoms with Crippen molar-refractivity contribution in [1.82, 2.24) is 34.5 Å². The van der Waals surface area contributed by atoms with Gasteiger partial charge in [0, 0.05) is 79.8 Å². The number of pyridine rings is 3. The fourth-order valence-corrected chi connectivity index (χ4v) is 4.47. The van der Waals surface area contributed by atoms with Crippen molar-refractivity contribution < 1.29 is 28.9 Å². The van der Waals surface area contributed by atoms with Crippen LogP contribution in [-0.2, 0) is 30.9 Å². The van der Waals surface area contributed by atoms with Gasteiger partial charge in [-0.25, -0.2) is 0 Å². The Bertz CT molecular complexity index is 1620. The number of hydrogen-bond donors (Lipinski definition) is 0. The number of benzene rings is 1. The molecule has 10 heteroatoms. The molecule has 0 aliphatic carbocycles. The van der Waals surface area contributed by atoms with Crippen LogP contribution in [0.25, 0.3) is 11.4 Å². The summed E-state index contributed by atoms with van der Waals surface area (Å²) in [4.78, 5) is 14.0. The summed E-state index contributed by atoms with van der Waals surface area (Å²) >= 11 is 0. The SMILES string of the molecule is CC(C)(c1ccccn1)c1cccc(C(C)(C)c2ccccn2)n1.Fc1cc(F)c(-n2cccn2)[c-]c1-n1cccn1.[Ir]. The summed E-state index contributed by atoms with van der Waals surface area (Å²) in [6, 6.07) is 25.0. The van der Waals surface area contributed by atoms with Crippen molar-refractivity contribution in [3.05, 3.63) is 150 Å². The molecule has 6 aromatic rings. The molecular formula is C33H30F2IrN7-. The van der Waals surface area contributed by atoms with Gasteiger partial charge in [-0.05, 0) is 87.6 Å². The summed E-state index contributed by atoms with van der Waals surface area (Å²) in [6.07, 6.45) is 9.78. The van der Waals surface area contributed by atoms with Crippen molar-refractivity contribution in [3.63, 3.8) is 0 Å². The molecule has 6 rings (SSSR count). The Kier molecular flexibility index (Phi) is 9.73. The molecule has 0 fully saturated rings. The van der Waals surface area contributed by atoms with Crippen LogP contribution in [-0.4, -0.2) is 34.5 Å². The van der Waals surface area contributed by atoms with Crippen molar-refractivity contribution in [2.45, 2.75) is 38.5 Å². The fourth-order valence-electron chi connectivity index (χ4n) is 4.47. The van der Waals surface area contributed by atoms with Gasteiger partial charge < -0.3 is 0 Å². The average molecular weight is 755 g/mol. The standard InChI is InChI=1S/C21H23N3.C12H7F2N4.Ir/c1-20(2,16-10-5-7-14-22-16)18-12-9-13-19(24-18)21(3,4)17-11-6-8-15-23-17;13-9-7-10(14)12(18-6-2-4-16-18)8-11(9)17-5-1-3-15-17;/h5-15H,1-4H3;1-7H;/q;-1;. The minimum absolute atomic E-state index is 0. The summed E-state index contributed by atoms with van der Waals surface area (Å²) in [6.45, 7) is 8.65. The van der Waals surface area contributed by atoms with Gasteiger partial charge in [0.1, 0.15) is 0 Å². The first-order chi connectivity index (χ1) is 20.2. The third-order valence-electron chi connectivity index (χ3n) is 7.05. The third-order valence-corrected chi connectivity index (χ3v) is 7.05. The third kappa shape index (κ3) is 6.82. The number of aromatic nitrogens is 7. The first kappa shape index (κ1) is 31.5. The second-order valence-electron chi connectivity index (χ2n) is 10.7. The van der Waals surface area contributed by atoms with Gasteiger partial charge in [0.25, 0.3) is 0 Å². The maximum absolute atomic E-state index is 13.7. The molecule has 0 unspecified atom stereocenters. The molecule has 221 valence electrons. The topological polar surface area (TPSA) is 74.3 Å². The zero-order valence-corrected chi connectivity index (χ0v) is 26.5. The molecule has 1 aromatic carbocycles. The van der Waals surface area contributed by atoms with Crippen LogP contribution in [0, 0.1) is 17.7 Å². The van der Waals surface area contributed by atoms with Crippen molar-refractivity contribution in [3.8, 4) is 11.4 Å². The first-order valence-corrected chi connectivity index (χ1v) is 13.4. The van der Waals surface area contributed by atoms with E-state index in [-0.39, 0.29) is 42.3 Å². The minimum atomic E-state index is -0.730. The van der Waals surface area contributed by atoms with Crippen LogP contribution in [0.1, 0.15) is 50.5 Å². The van der Waals surface area contributed by atoms with E-state index in [1.807, 2.05) is 36.7 Å². The van der Waals surface area contributed by atoms with Crippen LogP contribution in [0.15, 0.2) is 110 Å². The van der Waals surface area contributed by atoms with Gasteiger partial charge in [0.15, 0.2) is 0 Å². The van der Waals surface area contributed by atoms with Gasteiger partial charge in [0.2, 0.25) is 0 Å². The molecule has 0 bridgehead atoms. The molecular weight excluding hydrogens is 725 g/mol. The molecule has 5 aromatic heterocycles. The zero-order chi connectivity index (χ0) is 29.7. The smallest absolute Gasteiger partial charge is 0.0523 e. The molecule has 0 aliphatic heterocycles. The Morgan fingerprint density at radius 3 is 1.40 bits per heavy atom. The molecule has 1 radical (unpaired) electrons. The second-order valence-corrected chi connectivity index (χ2v) is 10.7. The Morgan fingerprint density at radius 2 is 1.02 bits per heavy atom. The van der Waals surface area contributed by atoms with Crippen molar-refractivity contribution >= 4 is 0 Å². The normalized spacial score (nSPS) is 11.3. The van der Waals surface area contributed by atoms with Crippen LogP contribution in [0.4, 0.5) is 8.78 Å². The van der Waals surface area contributed by atoms with Crippen LogP contribution in [0.5, 0.6) is 0 Å². The van der Waals surface area contributed by atoms with E-state index in [9.17, 15) is 8.78 Å². The van der Waals surface area contributed by atoms with Gasteiger partial charge in [-0.2, -0.15) is 10.2 Å². The summed E-state index contributed by atoms with van der Waals surface area (Å²) in [7, 11) is 0. The van der Waals surface area contributed by atoms with Crippen LogP contribution in [0.3, 0.4) is 0 Å². The number of rotatable bonds is 6. The van der Waals surface area contributed by atoms with E-state index < -0.39 is 11.6 Å². The van der Waals surface area contributed by atoms with Crippen LogP contribution >= 0.6 is 0 Å². The van der Waals surface area contributed by atoms with E-state index in [1.165, 1.54) is 21.8 Å². The van der Waals surface area contributed by atoms with E-state index >= 15 is 0 Å². The maximum Gasteiger partial charge on any atom is 0.0523 e. The van der Waals surface area contributed by atoms with Gasteiger partial charge in [-0.15, -0.1) is 6.07 Å². The Hall–Kier alpha value is -4.40. The average Bonchev–Trinajstić information content (AvgIpc) is 3.74. The van der Waals surface area contributed by atoms with Crippen molar-refractivity contribution in [2.75, 3.05) is 0 Å². The Labute approximate surface area is 263 Å². The molecule has 43 heavy (non-hydrogen) atoms. The monoisotopic (exact) mass is 755 g/mol. The quantitative estimate of drug-likeness (QED) is 0.178. The summed E-state index contributed by atoms with van der Waals surface area (Å²) in [5.41, 5.74) is 3.66. The Balaban J connectivity index is 0.000000199. The van der Waals surface area contributed by atoms with Crippen LogP contribution < -0.4 is 0 Å². The number of hydrogen-bond acceptors (Lipinski definition) is 5. The zero-order valence-electron chi connectivity index (χ0n) is 24.1. The molecule has 0 saturated carbocycles. The van der Waals surface area contributed by atoms with Gasteiger partial charge >= 0.3 is 0 Å². The Morgan fingerprint density at radius 1 is 0.581 bits per heavy atom. The summed E-state index contributed by atoms with van der Waals surface area (Å²) in [5.74, 6) is -1.46. The van der Waals surface area contributed by atoms with Gasteiger partial charge in [-0.1, -0.05) is 24.3 Å².